The van der Waals surface area contributed by atoms with Gasteiger partial charge in [0.1, 0.15) is 5.71 Å². The van der Waals surface area contributed by atoms with E-state index in [9.17, 15) is 9.59 Å². The maximum atomic E-state index is 12.7. The molecule has 1 N–H and O–H groups in total. The smallest absolute Gasteiger partial charge is 0.274 e. The third-order valence-electron chi connectivity index (χ3n) is 4.07. The molecule has 0 spiro atoms. The molecule has 116 valence electrons. The van der Waals surface area contributed by atoms with Crippen LogP contribution in [0.15, 0.2) is 29.4 Å². The Bertz CT molecular complexity index is 639. The first-order valence-corrected chi connectivity index (χ1v) is 7.61. The van der Waals surface area contributed by atoms with Crippen molar-refractivity contribution in [1.82, 2.24) is 5.43 Å². The molecule has 0 atom stereocenters. The molecule has 0 bridgehead atoms. The van der Waals surface area contributed by atoms with Gasteiger partial charge in [-0.3, -0.25) is 9.59 Å². The molecule has 0 saturated heterocycles. The number of nitrogens with one attached hydrogen (secondary N) is 1. The summed E-state index contributed by atoms with van der Waals surface area (Å²) < 4.78 is 0. The highest BCUT2D eigenvalue weighted by Gasteiger charge is 2.31. The van der Waals surface area contributed by atoms with Crippen LogP contribution in [0.3, 0.4) is 0 Å². The summed E-state index contributed by atoms with van der Waals surface area (Å²) in [6, 6.07) is 8.31. The van der Waals surface area contributed by atoms with E-state index in [-0.39, 0.29) is 11.8 Å². The topological polar surface area (TPSA) is 65.0 Å². The van der Waals surface area contributed by atoms with Gasteiger partial charge in [-0.1, -0.05) is 12.1 Å². The van der Waals surface area contributed by atoms with Crippen LogP contribution in [0.5, 0.6) is 0 Å². The Balaban J connectivity index is 1.91. The first-order chi connectivity index (χ1) is 10.6. The maximum Gasteiger partial charge on any atom is 0.274 e. The Morgan fingerprint density at radius 2 is 1.91 bits per heavy atom. The minimum absolute atomic E-state index is 0.115. The van der Waals surface area contributed by atoms with Crippen molar-refractivity contribution in [3.05, 3.63) is 24.3 Å². The molecule has 2 amide bonds. The Kier molecular flexibility index (Phi) is 3.83. The molecule has 1 aromatic carbocycles. The van der Waals surface area contributed by atoms with E-state index >= 15 is 0 Å². The van der Waals surface area contributed by atoms with Gasteiger partial charge in [0.05, 0.1) is 11.4 Å². The van der Waals surface area contributed by atoms with Crippen LogP contribution in [-0.4, -0.2) is 36.7 Å². The molecule has 3 rings (SSSR count). The lowest BCUT2D eigenvalue weighted by Gasteiger charge is -2.40. The molecule has 0 radical (unpaired) electrons. The average molecular weight is 300 g/mol. The van der Waals surface area contributed by atoms with Gasteiger partial charge in [-0.05, 0) is 26.0 Å². The number of hydrogen-bond acceptors (Lipinski definition) is 4. The number of carbonyl (C=O) groups is 2. The largest absolute Gasteiger partial charge is 0.366 e. The number of hydrazone groups is 1. The van der Waals surface area contributed by atoms with E-state index in [0.29, 0.717) is 31.1 Å². The number of rotatable bonds is 2. The fourth-order valence-corrected chi connectivity index (χ4v) is 2.92. The van der Waals surface area contributed by atoms with Gasteiger partial charge in [-0.25, -0.2) is 5.43 Å². The van der Waals surface area contributed by atoms with Crippen LogP contribution in [0.1, 0.15) is 26.7 Å². The third kappa shape index (κ3) is 2.56. The Labute approximate surface area is 129 Å². The van der Waals surface area contributed by atoms with E-state index in [1.54, 1.807) is 4.90 Å². The molecule has 0 fully saturated rings. The zero-order valence-electron chi connectivity index (χ0n) is 12.9. The van der Waals surface area contributed by atoms with Crippen molar-refractivity contribution in [3.63, 3.8) is 0 Å². The highest BCUT2D eigenvalue weighted by Crippen LogP contribution is 2.34. The highest BCUT2D eigenvalue weighted by molar-refractivity contribution is 6.44. The molecule has 0 saturated carbocycles. The van der Waals surface area contributed by atoms with Crippen molar-refractivity contribution >= 4 is 28.9 Å². The number of carbonyl (C=O) groups excluding carboxylic acids is 2. The summed E-state index contributed by atoms with van der Waals surface area (Å²) in [5, 5.41) is 3.92. The zero-order valence-corrected chi connectivity index (χ0v) is 12.9. The second-order valence-corrected chi connectivity index (χ2v) is 5.83. The first kappa shape index (κ1) is 14.6. The van der Waals surface area contributed by atoms with Gasteiger partial charge in [-0.15, -0.1) is 0 Å². The number of para-hydroxylation sites is 2. The molecule has 2 aliphatic rings. The summed E-state index contributed by atoms with van der Waals surface area (Å²) in [6.45, 7) is 5.71. The molecular formula is C16H20N4O2. The molecule has 0 unspecified atom stereocenters. The lowest BCUT2D eigenvalue weighted by atomic mass is 10.1. The quantitative estimate of drug-likeness (QED) is 0.900. The van der Waals surface area contributed by atoms with E-state index < -0.39 is 0 Å². The third-order valence-corrected chi connectivity index (χ3v) is 4.07. The molecule has 2 heterocycles. The van der Waals surface area contributed by atoms with Crippen LogP contribution in [0, 0.1) is 0 Å². The Morgan fingerprint density at radius 1 is 1.18 bits per heavy atom. The van der Waals surface area contributed by atoms with E-state index in [4.69, 9.17) is 0 Å². The second kappa shape index (κ2) is 5.79. The van der Waals surface area contributed by atoms with Crippen LogP contribution >= 0.6 is 0 Å². The summed E-state index contributed by atoms with van der Waals surface area (Å²) in [5.74, 6) is -0.252. The van der Waals surface area contributed by atoms with E-state index in [1.165, 1.54) is 0 Å². The van der Waals surface area contributed by atoms with Crippen LogP contribution in [0.4, 0.5) is 11.4 Å². The SMILES string of the molecule is CC(C)N1CCN(C(=O)C2=NNC(=O)CC2)c2ccccc21. The van der Waals surface area contributed by atoms with Crippen molar-refractivity contribution in [3.8, 4) is 0 Å². The lowest BCUT2D eigenvalue weighted by Crippen LogP contribution is -2.49. The van der Waals surface area contributed by atoms with Crippen molar-refractivity contribution in [1.29, 1.82) is 0 Å². The summed E-state index contributed by atoms with van der Waals surface area (Å²) in [5.41, 5.74) is 4.79. The number of nitrogens with zero attached hydrogens (tertiary/aromatic N) is 3. The van der Waals surface area contributed by atoms with Crippen molar-refractivity contribution in [2.24, 2.45) is 5.10 Å². The molecule has 0 aromatic heterocycles. The fraction of sp³-hybridized carbons (Fsp3) is 0.438. The number of fused-ring (bicyclic) bond motifs is 1. The van der Waals surface area contributed by atoms with Crippen LogP contribution in [-0.2, 0) is 9.59 Å². The number of anilines is 2. The van der Waals surface area contributed by atoms with Crippen LogP contribution in [0.2, 0.25) is 0 Å². The molecular weight excluding hydrogens is 280 g/mol. The summed E-state index contributed by atoms with van der Waals surface area (Å²) in [6.07, 6.45) is 0.718. The van der Waals surface area contributed by atoms with Gasteiger partial charge in [0.2, 0.25) is 5.91 Å². The van der Waals surface area contributed by atoms with Crippen molar-refractivity contribution < 1.29 is 9.59 Å². The average Bonchev–Trinajstić information content (AvgIpc) is 2.53. The molecule has 2 aliphatic heterocycles. The first-order valence-electron chi connectivity index (χ1n) is 7.61. The molecule has 0 aliphatic carbocycles. The van der Waals surface area contributed by atoms with E-state index in [2.05, 4.69) is 29.3 Å². The van der Waals surface area contributed by atoms with E-state index in [0.717, 1.165) is 17.9 Å². The fourth-order valence-electron chi connectivity index (χ4n) is 2.92. The van der Waals surface area contributed by atoms with Crippen LogP contribution in [0.25, 0.3) is 0 Å². The van der Waals surface area contributed by atoms with Crippen molar-refractivity contribution in [2.75, 3.05) is 22.9 Å². The zero-order chi connectivity index (χ0) is 15.7. The molecule has 22 heavy (non-hydrogen) atoms. The molecule has 6 nitrogen and oxygen atoms in total. The predicted molar refractivity (Wildman–Crippen MR) is 86.1 cm³/mol. The predicted octanol–water partition coefficient (Wildman–Crippen LogP) is 1.51. The van der Waals surface area contributed by atoms with E-state index in [1.807, 2.05) is 24.3 Å². The lowest BCUT2D eigenvalue weighted by molar-refractivity contribution is -0.121. The van der Waals surface area contributed by atoms with Gasteiger partial charge < -0.3 is 9.80 Å². The monoisotopic (exact) mass is 300 g/mol. The summed E-state index contributed by atoms with van der Waals surface area (Å²) in [7, 11) is 0. The minimum Gasteiger partial charge on any atom is -0.366 e. The van der Waals surface area contributed by atoms with Gasteiger partial charge in [0, 0.05) is 32.0 Å². The van der Waals surface area contributed by atoms with Gasteiger partial charge in [0.15, 0.2) is 0 Å². The Morgan fingerprint density at radius 3 is 2.55 bits per heavy atom. The standard InChI is InChI=1S/C16H20N4O2/c1-11(2)19-9-10-20(14-6-4-3-5-13(14)19)16(22)12-7-8-15(21)18-17-12/h3-6,11H,7-10H2,1-2H3,(H,18,21). The summed E-state index contributed by atoms with van der Waals surface area (Å²) >= 11 is 0. The van der Waals surface area contributed by atoms with Gasteiger partial charge >= 0.3 is 0 Å². The van der Waals surface area contributed by atoms with Gasteiger partial charge in [-0.2, -0.15) is 5.10 Å². The second-order valence-electron chi connectivity index (χ2n) is 5.83. The summed E-state index contributed by atoms with van der Waals surface area (Å²) in [4.78, 5) is 28.0. The van der Waals surface area contributed by atoms with Crippen molar-refractivity contribution in [2.45, 2.75) is 32.7 Å². The number of amides is 2. The normalized spacial score (nSPS) is 18.0. The van der Waals surface area contributed by atoms with Gasteiger partial charge in [0.25, 0.3) is 5.91 Å². The maximum absolute atomic E-state index is 12.7. The minimum atomic E-state index is -0.137. The molecule has 6 heteroatoms. The van der Waals surface area contributed by atoms with Crippen LogP contribution < -0.4 is 15.2 Å². The number of hydrogen-bond donors (Lipinski definition) is 1. The Hall–Kier alpha value is -2.37. The molecule has 1 aromatic rings. The highest BCUT2D eigenvalue weighted by atomic mass is 16.2. The number of benzene rings is 1.